The standard InChI is InChI=1S/C14H19N3OS/c1-2-6-16-14(19)13(12-5-3-4-7-15-12)17-8-10-18-11-9-17/h2-5,7,13H,1,6,8-11H2,(H,16,19). The zero-order valence-electron chi connectivity index (χ0n) is 10.9. The molecule has 1 aliphatic heterocycles. The molecular weight excluding hydrogens is 258 g/mol. The Bertz CT molecular complexity index is 418. The molecule has 0 radical (unpaired) electrons. The lowest BCUT2D eigenvalue weighted by atomic mass is 10.1. The third-order valence-corrected chi connectivity index (χ3v) is 3.42. The Labute approximate surface area is 119 Å². The molecule has 1 aromatic heterocycles. The SMILES string of the molecule is C=CCNC(=S)C(c1ccccn1)N1CCOCC1. The van der Waals surface area contributed by atoms with Crippen LogP contribution in [0, 0.1) is 0 Å². The molecule has 0 aromatic carbocycles. The Morgan fingerprint density at radius 1 is 1.53 bits per heavy atom. The topological polar surface area (TPSA) is 37.4 Å². The number of aromatic nitrogens is 1. The van der Waals surface area contributed by atoms with Crippen LogP contribution >= 0.6 is 12.2 Å². The van der Waals surface area contributed by atoms with E-state index in [0.29, 0.717) is 6.54 Å². The average Bonchev–Trinajstić information content (AvgIpc) is 2.47. The Balaban J connectivity index is 2.17. The highest BCUT2D eigenvalue weighted by molar-refractivity contribution is 7.80. The van der Waals surface area contributed by atoms with Gasteiger partial charge < -0.3 is 10.1 Å². The molecule has 1 N–H and O–H groups in total. The highest BCUT2D eigenvalue weighted by atomic mass is 32.1. The summed E-state index contributed by atoms with van der Waals surface area (Å²) in [6, 6.07) is 5.94. The highest BCUT2D eigenvalue weighted by Crippen LogP contribution is 2.21. The van der Waals surface area contributed by atoms with Crippen LogP contribution in [-0.4, -0.2) is 47.7 Å². The van der Waals surface area contributed by atoms with Crippen molar-refractivity contribution in [3.05, 3.63) is 42.7 Å². The summed E-state index contributed by atoms with van der Waals surface area (Å²) in [6.45, 7) is 7.61. The van der Waals surface area contributed by atoms with Crippen LogP contribution in [0.5, 0.6) is 0 Å². The van der Waals surface area contributed by atoms with E-state index in [1.165, 1.54) is 0 Å². The minimum absolute atomic E-state index is 0.0139. The third-order valence-electron chi connectivity index (χ3n) is 3.05. The van der Waals surface area contributed by atoms with E-state index >= 15 is 0 Å². The number of hydrogen-bond acceptors (Lipinski definition) is 4. The molecule has 1 unspecified atom stereocenters. The minimum atomic E-state index is 0.0139. The molecule has 4 nitrogen and oxygen atoms in total. The summed E-state index contributed by atoms with van der Waals surface area (Å²) in [4.78, 5) is 7.55. The van der Waals surface area contributed by atoms with Crippen LogP contribution in [0.1, 0.15) is 11.7 Å². The van der Waals surface area contributed by atoms with Crippen molar-refractivity contribution in [2.75, 3.05) is 32.8 Å². The molecule has 0 bridgehead atoms. The quantitative estimate of drug-likeness (QED) is 0.653. The van der Waals surface area contributed by atoms with Crippen LogP contribution < -0.4 is 5.32 Å². The summed E-state index contributed by atoms with van der Waals surface area (Å²) in [7, 11) is 0. The Morgan fingerprint density at radius 2 is 2.32 bits per heavy atom. The molecule has 0 amide bonds. The molecule has 102 valence electrons. The Hall–Kier alpha value is -1.30. The van der Waals surface area contributed by atoms with Crippen LogP contribution in [-0.2, 0) is 4.74 Å². The fourth-order valence-corrected chi connectivity index (χ4v) is 2.48. The lowest BCUT2D eigenvalue weighted by Gasteiger charge is -2.34. The first-order valence-electron chi connectivity index (χ1n) is 6.44. The van der Waals surface area contributed by atoms with Gasteiger partial charge in [-0.2, -0.15) is 0 Å². The number of ether oxygens (including phenoxy) is 1. The maximum absolute atomic E-state index is 5.52. The maximum Gasteiger partial charge on any atom is 0.103 e. The summed E-state index contributed by atoms with van der Waals surface area (Å²) in [5.41, 5.74) is 0.978. The van der Waals surface area contributed by atoms with Crippen LogP contribution in [0.2, 0.25) is 0 Å². The molecular formula is C14H19N3OS. The van der Waals surface area contributed by atoms with Gasteiger partial charge in [-0.25, -0.2) is 0 Å². The van der Waals surface area contributed by atoms with Gasteiger partial charge in [0, 0.05) is 25.8 Å². The van der Waals surface area contributed by atoms with Gasteiger partial charge in [-0.1, -0.05) is 24.4 Å². The van der Waals surface area contributed by atoms with Gasteiger partial charge in [-0.3, -0.25) is 9.88 Å². The van der Waals surface area contributed by atoms with Crippen molar-refractivity contribution < 1.29 is 4.74 Å². The molecule has 1 saturated heterocycles. The average molecular weight is 277 g/mol. The second kappa shape index (κ2) is 7.33. The normalized spacial score (nSPS) is 17.7. The van der Waals surface area contributed by atoms with Gasteiger partial charge in [0.1, 0.15) is 6.04 Å². The molecule has 1 atom stereocenters. The molecule has 19 heavy (non-hydrogen) atoms. The lowest BCUT2D eigenvalue weighted by molar-refractivity contribution is 0.0279. The van der Waals surface area contributed by atoms with E-state index in [4.69, 9.17) is 17.0 Å². The van der Waals surface area contributed by atoms with E-state index in [1.807, 2.05) is 18.2 Å². The summed E-state index contributed by atoms with van der Waals surface area (Å²) >= 11 is 5.52. The van der Waals surface area contributed by atoms with Crippen molar-refractivity contribution in [3.8, 4) is 0 Å². The van der Waals surface area contributed by atoms with Gasteiger partial charge in [-0.15, -0.1) is 6.58 Å². The van der Waals surface area contributed by atoms with Crippen LogP contribution in [0.15, 0.2) is 37.1 Å². The van der Waals surface area contributed by atoms with Gasteiger partial charge in [0.05, 0.1) is 23.9 Å². The van der Waals surface area contributed by atoms with Crippen LogP contribution in [0.25, 0.3) is 0 Å². The zero-order chi connectivity index (χ0) is 13.5. The smallest absolute Gasteiger partial charge is 0.103 e. The van der Waals surface area contributed by atoms with Crippen LogP contribution in [0.4, 0.5) is 0 Å². The summed E-state index contributed by atoms with van der Waals surface area (Å²) < 4.78 is 5.40. The number of pyridine rings is 1. The van der Waals surface area contributed by atoms with Crippen molar-refractivity contribution in [1.82, 2.24) is 15.2 Å². The second-order valence-electron chi connectivity index (χ2n) is 4.34. The highest BCUT2D eigenvalue weighted by Gasteiger charge is 2.26. The largest absolute Gasteiger partial charge is 0.379 e. The number of rotatable bonds is 5. The molecule has 2 rings (SSSR count). The summed E-state index contributed by atoms with van der Waals surface area (Å²) in [5, 5.41) is 3.22. The van der Waals surface area contributed by atoms with Gasteiger partial charge in [-0.05, 0) is 12.1 Å². The molecule has 1 aliphatic rings. The van der Waals surface area contributed by atoms with Crippen molar-refractivity contribution in [3.63, 3.8) is 0 Å². The first-order valence-corrected chi connectivity index (χ1v) is 6.85. The Morgan fingerprint density at radius 3 is 2.95 bits per heavy atom. The lowest BCUT2D eigenvalue weighted by Crippen LogP contribution is -2.45. The number of nitrogens with one attached hydrogen (secondary N) is 1. The number of hydrogen-bond donors (Lipinski definition) is 1. The maximum atomic E-state index is 5.52. The molecule has 1 aromatic rings. The molecule has 0 aliphatic carbocycles. The molecule has 0 saturated carbocycles. The van der Waals surface area contributed by atoms with E-state index in [0.717, 1.165) is 37.0 Å². The van der Waals surface area contributed by atoms with Crippen molar-refractivity contribution in [1.29, 1.82) is 0 Å². The predicted molar refractivity (Wildman–Crippen MR) is 80.2 cm³/mol. The third kappa shape index (κ3) is 3.83. The van der Waals surface area contributed by atoms with Crippen molar-refractivity contribution in [2.24, 2.45) is 0 Å². The van der Waals surface area contributed by atoms with E-state index in [9.17, 15) is 0 Å². The molecule has 1 fully saturated rings. The van der Waals surface area contributed by atoms with E-state index < -0.39 is 0 Å². The van der Waals surface area contributed by atoms with Gasteiger partial charge in [0.15, 0.2) is 0 Å². The predicted octanol–water partition coefficient (Wildman–Crippen LogP) is 1.56. The number of thiocarbonyl (C=S) groups is 1. The van der Waals surface area contributed by atoms with E-state index in [1.54, 1.807) is 12.3 Å². The second-order valence-corrected chi connectivity index (χ2v) is 4.78. The number of nitrogens with zero attached hydrogens (tertiary/aromatic N) is 2. The fourth-order valence-electron chi connectivity index (χ4n) is 2.13. The molecule has 0 spiro atoms. The van der Waals surface area contributed by atoms with Gasteiger partial charge in [0.25, 0.3) is 0 Å². The number of morpholine rings is 1. The zero-order valence-corrected chi connectivity index (χ0v) is 11.7. The summed E-state index contributed by atoms with van der Waals surface area (Å²) in [5.74, 6) is 0. The first-order chi connectivity index (χ1) is 9.33. The van der Waals surface area contributed by atoms with E-state index in [-0.39, 0.29) is 6.04 Å². The van der Waals surface area contributed by atoms with Gasteiger partial charge in [0.2, 0.25) is 0 Å². The fraction of sp³-hybridized carbons (Fsp3) is 0.429. The van der Waals surface area contributed by atoms with Crippen LogP contribution in [0.3, 0.4) is 0 Å². The Kier molecular flexibility index (Phi) is 5.44. The summed E-state index contributed by atoms with van der Waals surface area (Å²) in [6.07, 6.45) is 3.61. The van der Waals surface area contributed by atoms with E-state index in [2.05, 4.69) is 21.8 Å². The van der Waals surface area contributed by atoms with Crippen molar-refractivity contribution >= 4 is 17.2 Å². The minimum Gasteiger partial charge on any atom is -0.379 e. The van der Waals surface area contributed by atoms with Gasteiger partial charge >= 0.3 is 0 Å². The molecule has 5 heteroatoms. The monoisotopic (exact) mass is 277 g/mol. The first kappa shape index (κ1) is 14.1. The molecule has 2 heterocycles. The van der Waals surface area contributed by atoms with Crippen molar-refractivity contribution in [2.45, 2.75) is 6.04 Å².